The summed E-state index contributed by atoms with van der Waals surface area (Å²) in [7, 11) is 1.76. The lowest BCUT2D eigenvalue weighted by Crippen LogP contribution is -2.21. The van der Waals surface area contributed by atoms with Gasteiger partial charge in [-0.2, -0.15) is 10.2 Å². The van der Waals surface area contributed by atoms with E-state index in [1.54, 1.807) is 11.7 Å². The molecule has 0 spiro atoms. The molecule has 1 N–H and O–H groups in total. The molecule has 0 unspecified atom stereocenters. The third kappa shape index (κ3) is 2.86. The number of anilines is 1. The first-order valence-electron chi connectivity index (χ1n) is 7.10. The standard InChI is InChI=1S/C14H17F2N5O/c1-8-11(6-17-20(8)2)18-13(22)7-21-12(14(15)16)5-10(19-21)9-3-4-9/h5-6,9,14H,3-4,7H2,1-2H3,(H,18,22). The summed E-state index contributed by atoms with van der Waals surface area (Å²) in [6, 6.07) is 1.41. The van der Waals surface area contributed by atoms with Gasteiger partial charge in [-0.15, -0.1) is 0 Å². The van der Waals surface area contributed by atoms with Crippen molar-refractivity contribution in [2.75, 3.05) is 5.32 Å². The normalized spacial score (nSPS) is 14.6. The molecule has 0 saturated heterocycles. The minimum atomic E-state index is -2.65. The smallest absolute Gasteiger partial charge is 0.280 e. The molecule has 6 nitrogen and oxygen atoms in total. The van der Waals surface area contributed by atoms with E-state index in [9.17, 15) is 13.6 Å². The van der Waals surface area contributed by atoms with Crippen molar-refractivity contribution in [1.29, 1.82) is 0 Å². The van der Waals surface area contributed by atoms with Gasteiger partial charge < -0.3 is 5.32 Å². The molecule has 1 aliphatic carbocycles. The molecule has 2 aromatic rings. The van der Waals surface area contributed by atoms with Crippen molar-refractivity contribution in [3.05, 3.63) is 29.3 Å². The lowest BCUT2D eigenvalue weighted by atomic mass is 10.3. The molecular formula is C14H17F2N5O. The number of carbonyl (C=O) groups excluding carboxylic acids is 1. The number of hydrogen-bond donors (Lipinski definition) is 1. The maximum absolute atomic E-state index is 13.1. The van der Waals surface area contributed by atoms with Gasteiger partial charge in [-0.1, -0.05) is 0 Å². The summed E-state index contributed by atoms with van der Waals surface area (Å²) in [4.78, 5) is 12.1. The fourth-order valence-corrected chi connectivity index (χ4v) is 2.28. The minimum Gasteiger partial charge on any atom is -0.322 e. The van der Waals surface area contributed by atoms with Crippen LogP contribution < -0.4 is 5.32 Å². The third-order valence-electron chi connectivity index (χ3n) is 3.85. The molecule has 22 heavy (non-hydrogen) atoms. The summed E-state index contributed by atoms with van der Waals surface area (Å²) in [6.45, 7) is 1.58. The summed E-state index contributed by atoms with van der Waals surface area (Å²) in [5.41, 5.74) is 1.81. The molecule has 1 aliphatic rings. The molecule has 1 fully saturated rings. The van der Waals surface area contributed by atoms with Crippen LogP contribution in [-0.2, 0) is 18.4 Å². The SMILES string of the molecule is Cc1c(NC(=O)Cn2nc(C3CC3)cc2C(F)F)cnn1C. The molecule has 0 atom stereocenters. The van der Waals surface area contributed by atoms with Crippen molar-refractivity contribution in [1.82, 2.24) is 19.6 Å². The van der Waals surface area contributed by atoms with Gasteiger partial charge in [0.05, 0.1) is 23.3 Å². The Balaban J connectivity index is 1.74. The molecular weight excluding hydrogens is 292 g/mol. The van der Waals surface area contributed by atoms with Crippen LogP contribution in [0.4, 0.5) is 14.5 Å². The number of halogens is 2. The molecule has 3 rings (SSSR count). The van der Waals surface area contributed by atoms with E-state index in [-0.39, 0.29) is 18.2 Å². The van der Waals surface area contributed by atoms with Crippen LogP contribution >= 0.6 is 0 Å². The maximum Gasteiger partial charge on any atom is 0.280 e. The highest BCUT2D eigenvalue weighted by molar-refractivity contribution is 5.90. The fourth-order valence-electron chi connectivity index (χ4n) is 2.28. The van der Waals surface area contributed by atoms with Gasteiger partial charge >= 0.3 is 0 Å². The highest BCUT2D eigenvalue weighted by Crippen LogP contribution is 2.40. The number of amides is 1. The second-order valence-electron chi connectivity index (χ2n) is 5.54. The van der Waals surface area contributed by atoms with Crippen LogP contribution in [0.5, 0.6) is 0 Å². The number of aryl methyl sites for hydroxylation is 1. The molecule has 2 aromatic heterocycles. The topological polar surface area (TPSA) is 64.7 Å². The molecule has 2 heterocycles. The van der Waals surface area contributed by atoms with Gasteiger partial charge in [-0.3, -0.25) is 14.2 Å². The quantitative estimate of drug-likeness (QED) is 0.922. The van der Waals surface area contributed by atoms with Gasteiger partial charge in [0, 0.05) is 13.0 Å². The number of carbonyl (C=O) groups is 1. The lowest BCUT2D eigenvalue weighted by molar-refractivity contribution is -0.117. The van der Waals surface area contributed by atoms with Crippen molar-refractivity contribution in [3.63, 3.8) is 0 Å². The molecule has 118 valence electrons. The summed E-state index contributed by atoms with van der Waals surface area (Å²) in [5.74, 6) is -0.133. The fraction of sp³-hybridized carbons (Fsp3) is 0.500. The molecule has 1 saturated carbocycles. The first-order valence-corrected chi connectivity index (χ1v) is 7.10. The maximum atomic E-state index is 13.1. The molecule has 1 amide bonds. The van der Waals surface area contributed by atoms with E-state index in [1.165, 1.54) is 12.3 Å². The van der Waals surface area contributed by atoms with Gasteiger partial charge in [-0.25, -0.2) is 8.78 Å². The molecule has 0 radical (unpaired) electrons. The van der Waals surface area contributed by atoms with E-state index < -0.39 is 12.3 Å². The lowest BCUT2D eigenvalue weighted by Gasteiger charge is -2.07. The van der Waals surface area contributed by atoms with Crippen LogP contribution in [-0.4, -0.2) is 25.5 Å². The van der Waals surface area contributed by atoms with Crippen molar-refractivity contribution < 1.29 is 13.6 Å². The predicted molar refractivity (Wildman–Crippen MR) is 75.7 cm³/mol. The first-order chi connectivity index (χ1) is 10.5. The molecule has 0 aromatic carbocycles. The third-order valence-corrected chi connectivity index (χ3v) is 3.85. The van der Waals surface area contributed by atoms with E-state index in [0.717, 1.165) is 23.2 Å². The number of alkyl halides is 2. The van der Waals surface area contributed by atoms with Crippen molar-refractivity contribution in [2.45, 2.75) is 38.7 Å². The average Bonchev–Trinajstić information content (AvgIpc) is 3.16. The van der Waals surface area contributed by atoms with Crippen molar-refractivity contribution >= 4 is 11.6 Å². The zero-order chi connectivity index (χ0) is 15.9. The predicted octanol–water partition coefficient (Wildman–Crippen LogP) is 2.38. The first kappa shape index (κ1) is 14.7. The van der Waals surface area contributed by atoms with Gasteiger partial charge in [0.2, 0.25) is 5.91 Å². The van der Waals surface area contributed by atoms with E-state index in [4.69, 9.17) is 0 Å². The Hall–Kier alpha value is -2.25. The van der Waals surface area contributed by atoms with Gasteiger partial charge in [0.1, 0.15) is 12.2 Å². The Bertz CT molecular complexity index is 702. The molecule has 8 heteroatoms. The highest BCUT2D eigenvalue weighted by Gasteiger charge is 2.29. The van der Waals surface area contributed by atoms with Crippen molar-refractivity contribution in [2.24, 2.45) is 7.05 Å². The zero-order valence-corrected chi connectivity index (χ0v) is 12.4. The van der Waals surface area contributed by atoms with Crippen LogP contribution in [0.25, 0.3) is 0 Å². The van der Waals surface area contributed by atoms with Crippen molar-refractivity contribution in [3.8, 4) is 0 Å². The van der Waals surface area contributed by atoms with E-state index in [1.807, 2.05) is 6.92 Å². The number of rotatable bonds is 5. The Morgan fingerprint density at radius 2 is 2.23 bits per heavy atom. The van der Waals surface area contributed by atoms with Crippen LogP contribution in [0, 0.1) is 6.92 Å². The number of nitrogens with one attached hydrogen (secondary N) is 1. The molecule has 0 aliphatic heterocycles. The minimum absolute atomic E-state index is 0.208. The van der Waals surface area contributed by atoms with E-state index >= 15 is 0 Å². The summed E-state index contributed by atoms with van der Waals surface area (Å²) in [5, 5.41) is 10.8. The van der Waals surface area contributed by atoms with Gasteiger partial charge in [0.15, 0.2) is 0 Å². The Morgan fingerprint density at radius 1 is 1.50 bits per heavy atom. The largest absolute Gasteiger partial charge is 0.322 e. The average molecular weight is 309 g/mol. The zero-order valence-electron chi connectivity index (χ0n) is 12.4. The monoisotopic (exact) mass is 309 g/mol. The Labute approximate surface area is 126 Å². The van der Waals surface area contributed by atoms with Crippen LogP contribution in [0.15, 0.2) is 12.3 Å². The molecule has 0 bridgehead atoms. The Kier molecular flexibility index (Phi) is 3.67. The summed E-state index contributed by atoms with van der Waals surface area (Å²) < 4.78 is 28.8. The summed E-state index contributed by atoms with van der Waals surface area (Å²) >= 11 is 0. The van der Waals surface area contributed by atoms with Crippen LogP contribution in [0.1, 0.15) is 42.3 Å². The number of aromatic nitrogens is 4. The summed E-state index contributed by atoms with van der Waals surface area (Å²) in [6.07, 6.45) is 0.828. The highest BCUT2D eigenvalue weighted by atomic mass is 19.3. The Morgan fingerprint density at radius 3 is 2.77 bits per heavy atom. The second-order valence-corrected chi connectivity index (χ2v) is 5.54. The second kappa shape index (κ2) is 5.51. The van der Waals surface area contributed by atoms with Crippen LogP contribution in [0.2, 0.25) is 0 Å². The van der Waals surface area contributed by atoms with Gasteiger partial charge in [0.25, 0.3) is 6.43 Å². The number of nitrogens with zero attached hydrogens (tertiary/aromatic N) is 4. The number of hydrogen-bond acceptors (Lipinski definition) is 3. The van der Waals surface area contributed by atoms with Crippen LogP contribution in [0.3, 0.4) is 0 Å². The van der Waals surface area contributed by atoms with Gasteiger partial charge in [-0.05, 0) is 25.8 Å². The van der Waals surface area contributed by atoms with E-state index in [2.05, 4.69) is 15.5 Å². The van der Waals surface area contributed by atoms with E-state index in [0.29, 0.717) is 11.4 Å².